The van der Waals surface area contributed by atoms with E-state index in [0.717, 1.165) is 52.8 Å². The minimum Gasteiger partial charge on any atom is -0.376 e. The topological polar surface area (TPSA) is 58.6 Å². The molecule has 0 saturated carbocycles. The summed E-state index contributed by atoms with van der Waals surface area (Å²) >= 11 is 0. The van der Waals surface area contributed by atoms with E-state index >= 15 is 0 Å². The number of hydrogen-bond donors (Lipinski definition) is 1. The number of amides is 2. The highest BCUT2D eigenvalue weighted by Gasteiger charge is 2.32. The van der Waals surface area contributed by atoms with Crippen molar-refractivity contribution in [3.8, 4) is 0 Å². The van der Waals surface area contributed by atoms with Crippen LogP contribution in [0.25, 0.3) is 0 Å². The number of nitrogens with zero attached hydrogens (tertiary/aromatic N) is 1. The van der Waals surface area contributed by atoms with Crippen molar-refractivity contribution in [2.45, 2.75) is 45.8 Å². The van der Waals surface area contributed by atoms with Crippen molar-refractivity contribution in [3.63, 3.8) is 0 Å². The van der Waals surface area contributed by atoms with Gasteiger partial charge in [0.05, 0.1) is 11.7 Å². The lowest BCUT2D eigenvalue weighted by Gasteiger charge is -2.19. The smallest absolute Gasteiger partial charge is 0.254 e. The van der Waals surface area contributed by atoms with E-state index in [4.69, 9.17) is 4.74 Å². The fourth-order valence-corrected chi connectivity index (χ4v) is 4.44. The van der Waals surface area contributed by atoms with Crippen molar-refractivity contribution in [1.82, 2.24) is 10.2 Å². The zero-order chi connectivity index (χ0) is 21.4. The predicted octanol–water partition coefficient (Wildman–Crippen LogP) is 3.53. The largest absolute Gasteiger partial charge is 0.376 e. The molecule has 1 N–H and O–H groups in total. The van der Waals surface area contributed by atoms with Gasteiger partial charge in [0.15, 0.2) is 0 Å². The monoisotopic (exact) mass is 410 g/mol. The Bertz CT molecular complexity index is 1010. The summed E-state index contributed by atoms with van der Waals surface area (Å²) in [5.41, 5.74) is 5.87. The lowest BCUT2D eigenvalue weighted by molar-refractivity contribution is 0.0545. The Labute approximate surface area is 176 Å². The Morgan fingerprint density at radius 1 is 1.27 bits per heavy atom. The van der Waals surface area contributed by atoms with Crippen LogP contribution in [0.4, 0.5) is 4.39 Å². The van der Waals surface area contributed by atoms with E-state index < -0.39 is 11.7 Å². The van der Waals surface area contributed by atoms with E-state index in [2.05, 4.69) is 12.2 Å². The Balaban J connectivity index is 1.59. The maximum Gasteiger partial charge on any atom is 0.254 e. The third-order valence-corrected chi connectivity index (χ3v) is 6.35. The van der Waals surface area contributed by atoms with Gasteiger partial charge in [-0.15, -0.1) is 0 Å². The molecule has 2 aliphatic rings. The van der Waals surface area contributed by atoms with Crippen molar-refractivity contribution in [1.29, 1.82) is 0 Å². The molecule has 0 spiro atoms. The minimum atomic E-state index is -0.541. The summed E-state index contributed by atoms with van der Waals surface area (Å²) in [6.45, 7) is 6.13. The molecule has 1 unspecified atom stereocenters. The zero-order valence-electron chi connectivity index (χ0n) is 17.7. The lowest BCUT2D eigenvalue weighted by atomic mass is 9.91. The first-order valence-electron chi connectivity index (χ1n) is 10.4. The van der Waals surface area contributed by atoms with Gasteiger partial charge in [-0.1, -0.05) is 6.07 Å². The van der Waals surface area contributed by atoms with Crippen LogP contribution in [0.3, 0.4) is 0 Å². The molecule has 0 radical (unpaired) electrons. The molecule has 0 aromatic heterocycles. The van der Waals surface area contributed by atoms with Gasteiger partial charge in [0, 0.05) is 32.3 Å². The van der Waals surface area contributed by atoms with Crippen LogP contribution in [0, 0.1) is 19.7 Å². The van der Waals surface area contributed by atoms with E-state index in [-0.39, 0.29) is 17.6 Å². The highest BCUT2D eigenvalue weighted by atomic mass is 19.1. The third-order valence-electron chi connectivity index (χ3n) is 6.35. The van der Waals surface area contributed by atoms with E-state index in [0.29, 0.717) is 19.5 Å². The van der Waals surface area contributed by atoms with Gasteiger partial charge in [-0.25, -0.2) is 4.39 Å². The average molecular weight is 410 g/mol. The average Bonchev–Trinajstić information content (AvgIpc) is 3.35. The Morgan fingerprint density at radius 2 is 2.07 bits per heavy atom. The number of halogens is 1. The molecule has 4 rings (SSSR count). The number of hydrogen-bond acceptors (Lipinski definition) is 3. The second kappa shape index (κ2) is 8.19. The van der Waals surface area contributed by atoms with Gasteiger partial charge in [-0.05, 0) is 79.1 Å². The second-order valence-electron chi connectivity index (χ2n) is 8.20. The minimum absolute atomic E-state index is 0.0306. The molecule has 1 fully saturated rings. The van der Waals surface area contributed by atoms with Crippen LogP contribution < -0.4 is 5.32 Å². The Kier molecular flexibility index (Phi) is 5.60. The van der Waals surface area contributed by atoms with Crippen molar-refractivity contribution in [2.24, 2.45) is 0 Å². The molecule has 1 saturated heterocycles. The second-order valence-corrected chi connectivity index (χ2v) is 8.20. The van der Waals surface area contributed by atoms with Gasteiger partial charge in [0.2, 0.25) is 0 Å². The standard InChI is InChI=1S/C24H27FN2O3/c1-14-15(2)21-13-27(12-18-5-4-8-30-18)24(29)20(21)11-17(14)9-16-6-7-19(22(25)10-16)23(28)26-3/h6-7,10-11,18H,4-5,8-9,12-13H2,1-3H3,(H,26,28). The molecule has 5 nitrogen and oxygen atoms in total. The lowest BCUT2D eigenvalue weighted by Crippen LogP contribution is -2.32. The van der Waals surface area contributed by atoms with Crippen LogP contribution in [-0.2, 0) is 17.7 Å². The van der Waals surface area contributed by atoms with Crippen molar-refractivity contribution >= 4 is 11.8 Å². The fraction of sp³-hybridized carbons (Fsp3) is 0.417. The number of carbonyl (C=O) groups is 2. The van der Waals surface area contributed by atoms with Gasteiger partial charge in [-0.3, -0.25) is 9.59 Å². The third kappa shape index (κ3) is 3.72. The first kappa shape index (κ1) is 20.5. The maximum absolute atomic E-state index is 14.4. The van der Waals surface area contributed by atoms with E-state index in [9.17, 15) is 14.0 Å². The summed E-state index contributed by atoms with van der Waals surface area (Å²) in [5.74, 6) is -0.937. The zero-order valence-corrected chi connectivity index (χ0v) is 17.7. The molecule has 0 bridgehead atoms. The molecule has 2 aromatic carbocycles. The van der Waals surface area contributed by atoms with Gasteiger partial charge in [0.25, 0.3) is 11.8 Å². The molecule has 1 atom stereocenters. The number of nitrogens with one attached hydrogen (secondary N) is 1. The van der Waals surface area contributed by atoms with Gasteiger partial charge >= 0.3 is 0 Å². The predicted molar refractivity (Wildman–Crippen MR) is 112 cm³/mol. The van der Waals surface area contributed by atoms with Crippen LogP contribution in [0.15, 0.2) is 24.3 Å². The van der Waals surface area contributed by atoms with Crippen LogP contribution >= 0.6 is 0 Å². The molecule has 2 aliphatic heterocycles. The fourth-order valence-electron chi connectivity index (χ4n) is 4.44. The first-order valence-corrected chi connectivity index (χ1v) is 10.4. The van der Waals surface area contributed by atoms with Crippen LogP contribution in [0.2, 0.25) is 0 Å². The number of carbonyl (C=O) groups excluding carboxylic acids is 2. The van der Waals surface area contributed by atoms with Crippen molar-refractivity contribution in [3.05, 3.63) is 69.0 Å². The summed E-state index contributed by atoms with van der Waals surface area (Å²) in [5, 5.41) is 2.44. The number of fused-ring (bicyclic) bond motifs is 1. The van der Waals surface area contributed by atoms with Gasteiger partial charge in [0.1, 0.15) is 5.82 Å². The van der Waals surface area contributed by atoms with Gasteiger partial charge < -0.3 is 15.0 Å². The summed E-state index contributed by atoms with van der Waals surface area (Å²) in [6.07, 6.45) is 2.69. The first-order chi connectivity index (χ1) is 14.4. The maximum atomic E-state index is 14.4. The molecule has 2 amide bonds. The SMILES string of the molecule is CNC(=O)c1ccc(Cc2cc3c(c(C)c2C)CN(CC2CCCO2)C3=O)cc1F. The quantitative estimate of drug-likeness (QED) is 0.821. The molecule has 2 aromatic rings. The highest BCUT2D eigenvalue weighted by molar-refractivity contribution is 5.99. The van der Waals surface area contributed by atoms with E-state index in [1.165, 1.54) is 19.2 Å². The molecule has 6 heteroatoms. The molecular weight excluding hydrogens is 383 g/mol. The Morgan fingerprint density at radius 3 is 2.73 bits per heavy atom. The van der Waals surface area contributed by atoms with Crippen LogP contribution in [-0.4, -0.2) is 43.0 Å². The van der Waals surface area contributed by atoms with E-state index in [1.54, 1.807) is 6.07 Å². The molecule has 158 valence electrons. The van der Waals surface area contributed by atoms with Crippen molar-refractivity contribution < 1.29 is 18.7 Å². The molecule has 2 heterocycles. The van der Waals surface area contributed by atoms with Crippen molar-refractivity contribution in [2.75, 3.05) is 20.2 Å². The number of ether oxygens (including phenoxy) is 1. The number of rotatable bonds is 5. The summed E-state index contributed by atoms with van der Waals surface area (Å²) < 4.78 is 20.1. The summed E-state index contributed by atoms with van der Waals surface area (Å²) in [6, 6.07) is 6.63. The van der Waals surface area contributed by atoms with Crippen LogP contribution in [0.1, 0.15) is 61.4 Å². The van der Waals surface area contributed by atoms with E-state index in [1.807, 2.05) is 17.9 Å². The normalized spacial score (nSPS) is 18.1. The summed E-state index contributed by atoms with van der Waals surface area (Å²) in [7, 11) is 1.48. The van der Waals surface area contributed by atoms with Gasteiger partial charge in [-0.2, -0.15) is 0 Å². The molecular formula is C24H27FN2O3. The molecule has 30 heavy (non-hydrogen) atoms. The summed E-state index contributed by atoms with van der Waals surface area (Å²) in [4.78, 5) is 26.6. The van der Waals surface area contributed by atoms with Crippen LogP contribution in [0.5, 0.6) is 0 Å². The Hall–Kier alpha value is -2.73. The number of benzene rings is 2. The highest BCUT2D eigenvalue weighted by Crippen LogP contribution is 2.32. The molecule has 0 aliphatic carbocycles.